The van der Waals surface area contributed by atoms with Gasteiger partial charge in [-0.05, 0) is 25.7 Å². The van der Waals surface area contributed by atoms with E-state index in [-0.39, 0.29) is 30.7 Å². The molecule has 2 aliphatic rings. The summed E-state index contributed by atoms with van der Waals surface area (Å²) in [5, 5.41) is 3.60. The zero-order valence-electron chi connectivity index (χ0n) is 12.4. The van der Waals surface area contributed by atoms with Crippen LogP contribution in [-0.4, -0.2) is 41.0 Å². The first-order valence-corrected chi connectivity index (χ1v) is 7.14. The molecule has 5 nitrogen and oxygen atoms in total. The normalized spacial score (nSPS) is 26.7. The summed E-state index contributed by atoms with van der Waals surface area (Å²) in [7, 11) is 1.89. The Morgan fingerprint density at radius 1 is 1.38 bits per heavy atom. The second-order valence-electron chi connectivity index (χ2n) is 5.66. The minimum atomic E-state index is -0.00287. The number of nitrogens with zero attached hydrogens (tertiary/aromatic N) is 2. The van der Waals surface area contributed by atoms with E-state index >= 15 is 0 Å². The monoisotopic (exact) mass is 335 g/mol. The van der Waals surface area contributed by atoms with Crippen LogP contribution in [0, 0.1) is 0 Å². The van der Waals surface area contributed by atoms with Gasteiger partial charge in [0.2, 0.25) is 0 Å². The highest BCUT2D eigenvalue weighted by Crippen LogP contribution is 2.29. The Bertz CT molecular complexity index is 469. The van der Waals surface area contributed by atoms with Crippen molar-refractivity contribution in [1.82, 2.24) is 15.2 Å². The third-order valence-electron chi connectivity index (χ3n) is 4.48. The summed E-state index contributed by atoms with van der Waals surface area (Å²) >= 11 is 0. The standard InChI is InChI=1S/C14H21N3O2.2ClH/c1-3-12-13(15-8-19-12)14(18)17(2)11-6-9-4-5-10(7-11)16-9;;/h8-11,16H,3-7H2,1-2H3;2*1H. The number of aromatic nitrogens is 1. The maximum absolute atomic E-state index is 12.5. The Hall–Kier alpha value is -0.780. The summed E-state index contributed by atoms with van der Waals surface area (Å²) in [5.74, 6) is 0.686. The van der Waals surface area contributed by atoms with Gasteiger partial charge in [-0.2, -0.15) is 0 Å². The van der Waals surface area contributed by atoms with Gasteiger partial charge < -0.3 is 14.6 Å². The summed E-state index contributed by atoms with van der Waals surface area (Å²) in [6.45, 7) is 1.97. The van der Waals surface area contributed by atoms with Crippen LogP contribution in [0.1, 0.15) is 48.9 Å². The molecule has 2 aliphatic heterocycles. The van der Waals surface area contributed by atoms with Gasteiger partial charge >= 0.3 is 0 Å². The van der Waals surface area contributed by atoms with Crippen molar-refractivity contribution in [3.63, 3.8) is 0 Å². The molecule has 7 heteroatoms. The van der Waals surface area contributed by atoms with Crippen molar-refractivity contribution < 1.29 is 9.21 Å². The summed E-state index contributed by atoms with van der Waals surface area (Å²) in [5.41, 5.74) is 0.482. The first kappa shape index (κ1) is 18.3. The number of piperidine rings is 1. The van der Waals surface area contributed by atoms with Crippen molar-refractivity contribution in [2.24, 2.45) is 0 Å². The van der Waals surface area contributed by atoms with Gasteiger partial charge in [0.15, 0.2) is 12.1 Å². The van der Waals surface area contributed by atoms with Crippen molar-refractivity contribution in [3.05, 3.63) is 17.8 Å². The number of carbonyl (C=O) groups is 1. The summed E-state index contributed by atoms with van der Waals surface area (Å²) < 4.78 is 5.26. The lowest BCUT2D eigenvalue weighted by Gasteiger charge is -2.35. The van der Waals surface area contributed by atoms with Crippen molar-refractivity contribution in [1.29, 1.82) is 0 Å². The number of hydrogen-bond donors (Lipinski definition) is 1. The minimum absolute atomic E-state index is 0. The molecule has 1 N–H and O–H groups in total. The Morgan fingerprint density at radius 3 is 2.57 bits per heavy atom. The summed E-state index contributed by atoms with van der Waals surface area (Å²) in [4.78, 5) is 18.4. The van der Waals surface area contributed by atoms with Crippen molar-refractivity contribution >= 4 is 30.7 Å². The van der Waals surface area contributed by atoms with Gasteiger partial charge in [-0.1, -0.05) is 6.92 Å². The van der Waals surface area contributed by atoms with Gasteiger partial charge in [0.1, 0.15) is 5.76 Å². The van der Waals surface area contributed by atoms with Crippen LogP contribution in [0.15, 0.2) is 10.8 Å². The van der Waals surface area contributed by atoms with Gasteiger partial charge in [0, 0.05) is 31.6 Å². The third-order valence-corrected chi connectivity index (χ3v) is 4.48. The number of halogens is 2. The van der Waals surface area contributed by atoms with Crippen LogP contribution in [0.25, 0.3) is 0 Å². The molecular weight excluding hydrogens is 313 g/mol. The molecule has 1 amide bonds. The van der Waals surface area contributed by atoms with Crippen LogP contribution < -0.4 is 5.32 Å². The van der Waals surface area contributed by atoms with E-state index in [4.69, 9.17) is 4.42 Å². The molecule has 2 saturated heterocycles. The Kier molecular flexibility index (Phi) is 6.50. The third kappa shape index (κ3) is 3.52. The Balaban J connectivity index is 0.00000110. The molecule has 0 saturated carbocycles. The second kappa shape index (κ2) is 7.47. The minimum Gasteiger partial charge on any atom is -0.448 e. The highest BCUT2D eigenvalue weighted by molar-refractivity contribution is 5.93. The van der Waals surface area contributed by atoms with Gasteiger partial charge in [-0.25, -0.2) is 4.98 Å². The van der Waals surface area contributed by atoms with E-state index in [9.17, 15) is 4.79 Å². The number of aryl methyl sites for hydroxylation is 1. The zero-order valence-corrected chi connectivity index (χ0v) is 14.0. The van der Waals surface area contributed by atoms with Crippen LogP contribution in [0.5, 0.6) is 0 Å². The number of nitrogens with one attached hydrogen (secondary N) is 1. The zero-order chi connectivity index (χ0) is 13.4. The van der Waals surface area contributed by atoms with E-state index in [0.29, 0.717) is 36.0 Å². The topological polar surface area (TPSA) is 58.4 Å². The largest absolute Gasteiger partial charge is 0.448 e. The molecule has 2 unspecified atom stereocenters. The van der Waals surface area contributed by atoms with Crippen LogP contribution in [0.2, 0.25) is 0 Å². The van der Waals surface area contributed by atoms with Gasteiger partial charge in [-0.15, -0.1) is 24.8 Å². The maximum atomic E-state index is 12.5. The predicted molar refractivity (Wildman–Crippen MR) is 85.4 cm³/mol. The van der Waals surface area contributed by atoms with E-state index in [1.54, 1.807) is 0 Å². The molecule has 120 valence electrons. The molecule has 1 aromatic rings. The molecule has 21 heavy (non-hydrogen) atoms. The Labute approximate surface area is 137 Å². The molecule has 0 aliphatic carbocycles. The molecule has 2 fully saturated rings. The van der Waals surface area contributed by atoms with Gasteiger partial charge in [-0.3, -0.25) is 4.79 Å². The van der Waals surface area contributed by atoms with Crippen molar-refractivity contribution in [2.45, 2.75) is 57.2 Å². The lowest BCUT2D eigenvalue weighted by molar-refractivity contribution is 0.0674. The molecule has 2 atom stereocenters. The molecule has 3 rings (SSSR count). The molecule has 2 bridgehead atoms. The second-order valence-corrected chi connectivity index (χ2v) is 5.66. The fraction of sp³-hybridized carbons (Fsp3) is 0.714. The van der Waals surface area contributed by atoms with E-state index in [2.05, 4.69) is 10.3 Å². The van der Waals surface area contributed by atoms with E-state index in [1.807, 2.05) is 18.9 Å². The number of amides is 1. The number of fused-ring (bicyclic) bond motifs is 2. The molecular formula is C14H23Cl2N3O2. The Morgan fingerprint density at radius 2 is 2.00 bits per heavy atom. The first-order chi connectivity index (χ1) is 9.19. The molecule has 3 heterocycles. The molecule has 0 radical (unpaired) electrons. The average molecular weight is 336 g/mol. The van der Waals surface area contributed by atoms with E-state index in [0.717, 1.165) is 12.8 Å². The number of rotatable bonds is 3. The van der Waals surface area contributed by atoms with Crippen LogP contribution in [0.3, 0.4) is 0 Å². The van der Waals surface area contributed by atoms with Gasteiger partial charge in [0.25, 0.3) is 5.91 Å². The van der Waals surface area contributed by atoms with Crippen molar-refractivity contribution in [3.8, 4) is 0 Å². The molecule has 0 aromatic carbocycles. The number of oxazole rings is 1. The molecule has 1 aromatic heterocycles. The smallest absolute Gasteiger partial charge is 0.276 e. The predicted octanol–water partition coefficient (Wildman–Crippen LogP) is 2.44. The van der Waals surface area contributed by atoms with Gasteiger partial charge in [0.05, 0.1) is 0 Å². The van der Waals surface area contributed by atoms with Crippen LogP contribution in [-0.2, 0) is 6.42 Å². The molecule has 0 spiro atoms. The highest BCUT2D eigenvalue weighted by atomic mass is 35.5. The van der Waals surface area contributed by atoms with Crippen LogP contribution >= 0.6 is 24.8 Å². The van der Waals surface area contributed by atoms with Crippen LogP contribution in [0.4, 0.5) is 0 Å². The average Bonchev–Trinajstić information content (AvgIpc) is 3.03. The fourth-order valence-corrected chi connectivity index (χ4v) is 3.37. The summed E-state index contributed by atoms with van der Waals surface area (Å²) in [6.07, 6.45) is 6.66. The van der Waals surface area contributed by atoms with Crippen molar-refractivity contribution in [2.75, 3.05) is 7.05 Å². The maximum Gasteiger partial charge on any atom is 0.276 e. The summed E-state index contributed by atoms with van der Waals surface area (Å²) in [6, 6.07) is 1.50. The SMILES string of the molecule is CCc1ocnc1C(=O)N(C)C1CC2CCC(C1)N2.Cl.Cl. The lowest BCUT2D eigenvalue weighted by Crippen LogP contribution is -2.48. The quantitative estimate of drug-likeness (QED) is 0.921. The fourth-order valence-electron chi connectivity index (χ4n) is 3.37. The number of hydrogen-bond acceptors (Lipinski definition) is 4. The lowest BCUT2D eigenvalue weighted by atomic mass is 9.98. The van der Waals surface area contributed by atoms with E-state index in [1.165, 1.54) is 19.2 Å². The van der Waals surface area contributed by atoms with E-state index < -0.39 is 0 Å². The highest BCUT2D eigenvalue weighted by Gasteiger charge is 2.37. The number of carbonyl (C=O) groups excluding carboxylic acids is 1. The first-order valence-electron chi connectivity index (χ1n) is 7.14.